The predicted molar refractivity (Wildman–Crippen MR) is 106 cm³/mol. The van der Waals surface area contributed by atoms with Crippen molar-refractivity contribution in [2.75, 3.05) is 19.6 Å². The molecule has 1 aliphatic heterocycles. The van der Waals surface area contributed by atoms with Crippen LogP contribution in [0.15, 0.2) is 48.5 Å². The zero-order chi connectivity index (χ0) is 19.0. The Morgan fingerprint density at radius 3 is 2.30 bits per heavy atom. The normalized spacial score (nSPS) is 29.0. The van der Waals surface area contributed by atoms with Crippen molar-refractivity contribution in [2.24, 2.45) is 11.8 Å². The molecule has 0 bridgehead atoms. The van der Waals surface area contributed by atoms with E-state index in [0.29, 0.717) is 18.4 Å². The van der Waals surface area contributed by atoms with Gasteiger partial charge in [-0.2, -0.15) is 0 Å². The lowest BCUT2D eigenvalue weighted by Crippen LogP contribution is -2.33. The minimum absolute atomic E-state index is 0.217. The largest absolute Gasteiger partial charge is 0.508 e. The van der Waals surface area contributed by atoms with Crippen LogP contribution >= 0.6 is 0 Å². The number of aryl methyl sites for hydroxylation is 1. The smallest absolute Gasteiger partial charge is 0.115 e. The quantitative estimate of drug-likeness (QED) is 0.760. The van der Waals surface area contributed by atoms with Gasteiger partial charge in [-0.15, -0.1) is 0 Å². The first-order chi connectivity index (χ1) is 12.9. The van der Waals surface area contributed by atoms with Crippen molar-refractivity contribution in [1.29, 1.82) is 0 Å². The summed E-state index contributed by atoms with van der Waals surface area (Å²) in [6, 6.07) is 15.1. The Bertz CT molecular complexity index is 774. The van der Waals surface area contributed by atoms with Gasteiger partial charge < -0.3 is 15.3 Å². The van der Waals surface area contributed by atoms with E-state index in [1.807, 2.05) is 12.1 Å². The molecular formula is C23H29NO3. The van der Waals surface area contributed by atoms with Gasteiger partial charge in [0.1, 0.15) is 5.75 Å². The third-order valence-electron chi connectivity index (χ3n) is 6.43. The molecule has 4 heteroatoms. The molecule has 144 valence electrons. The second-order valence-electron chi connectivity index (χ2n) is 8.58. The summed E-state index contributed by atoms with van der Waals surface area (Å²) in [5, 5.41) is 31.0. The zero-order valence-electron chi connectivity index (χ0n) is 15.9. The van der Waals surface area contributed by atoms with Gasteiger partial charge in [0.2, 0.25) is 0 Å². The van der Waals surface area contributed by atoms with Crippen molar-refractivity contribution in [3.05, 3.63) is 65.2 Å². The minimum atomic E-state index is -0.594. The molecule has 1 aliphatic carbocycles. The molecule has 2 aromatic rings. The molecule has 1 saturated carbocycles. The van der Waals surface area contributed by atoms with Crippen LogP contribution in [0, 0.1) is 18.8 Å². The number of fused-ring (bicyclic) bond motifs is 1. The molecule has 0 radical (unpaired) electrons. The SMILES string of the molecule is Cc1ccccc1C[C@@]1(O)C[C@H]2CN(CC(O)c3ccc(O)cc3)C[C@H]2C1. The third-order valence-corrected chi connectivity index (χ3v) is 6.43. The molecule has 0 aromatic heterocycles. The highest BCUT2D eigenvalue weighted by Crippen LogP contribution is 2.45. The molecule has 27 heavy (non-hydrogen) atoms. The van der Waals surface area contributed by atoms with Crippen molar-refractivity contribution in [3.63, 3.8) is 0 Å². The fraction of sp³-hybridized carbons (Fsp3) is 0.478. The molecule has 2 fully saturated rings. The highest BCUT2D eigenvalue weighted by atomic mass is 16.3. The van der Waals surface area contributed by atoms with Crippen molar-refractivity contribution in [1.82, 2.24) is 4.90 Å². The molecule has 2 aliphatic rings. The van der Waals surface area contributed by atoms with E-state index in [1.165, 1.54) is 11.1 Å². The summed E-state index contributed by atoms with van der Waals surface area (Å²) in [6.45, 7) is 4.60. The number of hydrogen-bond donors (Lipinski definition) is 3. The van der Waals surface area contributed by atoms with Gasteiger partial charge in [0, 0.05) is 26.1 Å². The number of likely N-dealkylation sites (tertiary alicyclic amines) is 1. The van der Waals surface area contributed by atoms with Crippen molar-refractivity contribution >= 4 is 0 Å². The molecule has 0 amide bonds. The Kier molecular flexibility index (Phi) is 4.97. The molecule has 3 N–H and O–H groups in total. The van der Waals surface area contributed by atoms with E-state index in [4.69, 9.17) is 0 Å². The van der Waals surface area contributed by atoms with E-state index in [1.54, 1.807) is 24.3 Å². The lowest BCUT2D eigenvalue weighted by Gasteiger charge is -2.27. The summed E-state index contributed by atoms with van der Waals surface area (Å²) in [5.74, 6) is 1.23. The Hall–Kier alpha value is -1.88. The number of phenols is 1. The average molecular weight is 367 g/mol. The summed E-state index contributed by atoms with van der Waals surface area (Å²) in [5.41, 5.74) is 2.74. The Balaban J connectivity index is 1.34. The Morgan fingerprint density at radius 2 is 1.67 bits per heavy atom. The summed E-state index contributed by atoms with van der Waals surface area (Å²) in [6.07, 6.45) is 1.88. The van der Waals surface area contributed by atoms with Gasteiger partial charge in [0.25, 0.3) is 0 Å². The van der Waals surface area contributed by atoms with Crippen LogP contribution in [-0.4, -0.2) is 45.5 Å². The summed E-state index contributed by atoms with van der Waals surface area (Å²) < 4.78 is 0. The van der Waals surface area contributed by atoms with E-state index in [2.05, 4.69) is 24.0 Å². The summed E-state index contributed by atoms with van der Waals surface area (Å²) >= 11 is 0. The van der Waals surface area contributed by atoms with Crippen LogP contribution in [0.25, 0.3) is 0 Å². The first kappa shape index (κ1) is 18.5. The maximum Gasteiger partial charge on any atom is 0.115 e. The van der Waals surface area contributed by atoms with Gasteiger partial charge >= 0.3 is 0 Å². The van der Waals surface area contributed by atoms with Crippen LogP contribution in [0.4, 0.5) is 0 Å². The van der Waals surface area contributed by atoms with Crippen LogP contribution in [0.2, 0.25) is 0 Å². The van der Waals surface area contributed by atoms with E-state index in [9.17, 15) is 15.3 Å². The molecule has 1 saturated heterocycles. The second-order valence-corrected chi connectivity index (χ2v) is 8.58. The van der Waals surface area contributed by atoms with Crippen molar-refractivity contribution < 1.29 is 15.3 Å². The van der Waals surface area contributed by atoms with E-state index >= 15 is 0 Å². The fourth-order valence-electron chi connectivity index (χ4n) is 5.06. The molecule has 2 aromatic carbocycles. The average Bonchev–Trinajstić information content (AvgIpc) is 3.11. The standard InChI is InChI=1S/C23H29NO3/c1-16-4-2-3-5-18(16)10-23(27)11-19-13-24(14-20(19)12-23)15-22(26)17-6-8-21(25)9-7-17/h2-9,19-20,22,25-27H,10-15H2,1H3/t19-,20+,22?,23+. The molecule has 4 rings (SSSR count). The highest BCUT2D eigenvalue weighted by Gasteiger charge is 2.48. The van der Waals surface area contributed by atoms with Crippen LogP contribution in [0.1, 0.15) is 35.6 Å². The van der Waals surface area contributed by atoms with Gasteiger partial charge in [-0.1, -0.05) is 36.4 Å². The van der Waals surface area contributed by atoms with Crippen molar-refractivity contribution in [2.45, 2.75) is 37.9 Å². The van der Waals surface area contributed by atoms with Gasteiger partial charge in [-0.3, -0.25) is 4.90 Å². The highest BCUT2D eigenvalue weighted by molar-refractivity contribution is 5.28. The molecular weight excluding hydrogens is 338 g/mol. The number of phenolic OH excluding ortho intramolecular Hbond substituents is 1. The van der Waals surface area contributed by atoms with Crippen LogP contribution in [0.3, 0.4) is 0 Å². The number of aliphatic hydroxyl groups excluding tert-OH is 1. The first-order valence-corrected chi connectivity index (χ1v) is 9.88. The maximum absolute atomic E-state index is 11.2. The number of hydrogen-bond acceptors (Lipinski definition) is 4. The Morgan fingerprint density at radius 1 is 1.04 bits per heavy atom. The first-order valence-electron chi connectivity index (χ1n) is 9.88. The number of aliphatic hydroxyl groups is 2. The van der Waals surface area contributed by atoms with E-state index in [-0.39, 0.29) is 5.75 Å². The predicted octanol–water partition coefficient (Wildman–Crippen LogP) is 3.05. The lowest BCUT2D eigenvalue weighted by molar-refractivity contribution is 0.0327. The second kappa shape index (κ2) is 7.27. The number of rotatable bonds is 5. The van der Waals surface area contributed by atoms with Crippen LogP contribution in [-0.2, 0) is 6.42 Å². The van der Waals surface area contributed by atoms with E-state index in [0.717, 1.165) is 37.9 Å². The van der Waals surface area contributed by atoms with Gasteiger partial charge in [-0.25, -0.2) is 0 Å². The van der Waals surface area contributed by atoms with Gasteiger partial charge in [0.15, 0.2) is 0 Å². The van der Waals surface area contributed by atoms with Crippen molar-refractivity contribution in [3.8, 4) is 5.75 Å². The Labute approximate surface area is 161 Å². The minimum Gasteiger partial charge on any atom is -0.508 e. The molecule has 4 atom stereocenters. The molecule has 1 unspecified atom stereocenters. The topological polar surface area (TPSA) is 63.9 Å². The van der Waals surface area contributed by atoms with Gasteiger partial charge in [-0.05, 0) is 60.4 Å². The monoisotopic (exact) mass is 367 g/mol. The maximum atomic E-state index is 11.2. The van der Waals surface area contributed by atoms with E-state index < -0.39 is 11.7 Å². The number of aromatic hydroxyl groups is 1. The summed E-state index contributed by atoms with van der Waals surface area (Å²) in [7, 11) is 0. The van der Waals surface area contributed by atoms with Crippen LogP contribution < -0.4 is 0 Å². The number of benzene rings is 2. The van der Waals surface area contributed by atoms with Crippen LogP contribution in [0.5, 0.6) is 5.75 Å². The number of β-amino-alcohol motifs (C(OH)–C–C–N with tert-alkyl or cyclic N) is 1. The summed E-state index contributed by atoms with van der Waals surface area (Å²) in [4.78, 5) is 2.32. The lowest BCUT2D eigenvalue weighted by atomic mass is 9.89. The zero-order valence-corrected chi connectivity index (χ0v) is 15.9. The number of nitrogens with zero attached hydrogens (tertiary/aromatic N) is 1. The molecule has 0 spiro atoms. The fourth-order valence-corrected chi connectivity index (χ4v) is 5.06. The molecule has 1 heterocycles. The third kappa shape index (κ3) is 4.03. The van der Waals surface area contributed by atoms with Gasteiger partial charge in [0.05, 0.1) is 11.7 Å². The molecule has 4 nitrogen and oxygen atoms in total.